The summed E-state index contributed by atoms with van der Waals surface area (Å²) in [6.07, 6.45) is 2.37. The molecule has 6 heteroatoms. The molecule has 1 saturated carbocycles. The molecular formula is C18H20N6. The zero-order valence-electron chi connectivity index (χ0n) is 13.8. The van der Waals surface area contributed by atoms with Crippen LogP contribution in [0.25, 0.3) is 11.0 Å². The molecule has 2 aliphatic rings. The SMILES string of the molecule is Cc1cc([C@@H]2N=C(N)Nc3nc4ccccc4n32)c(C)n1C1CC1. The highest BCUT2D eigenvalue weighted by molar-refractivity contribution is 5.94. The Kier molecular flexibility index (Phi) is 2.63. The summed E-state index contributed by atoms with van der Waals surface area (Å²) in [6.45, 7) is 4.36. The predicted octanol–water partition coefficient (Wildman–Crippen LogP) is 3.08. The smallest absolute Gasteiger partial charge is 0.212 e. The molecule has 122 valence electrons. The maximum Gasteiger partial charge on any atom is 0.212 e. The van der Waals surface area contributed by atoms with E-state index in [4.69, 9.17) is 10.7 Å². The Balaban J connectivity index is 1.74. The number of nitrogens with two attached hydrogens (primary N) is 1. The van der Waals surface area contributed by atoms with Crippen molar-refractivity contribution in [1.29, 1.82) is 0 Å². The summed E-state index contributed by atoms with van der Waals surface area (Å²) in [5.74, 6) is 1.17. The first kappa shape index (κ1) is 13.7. The standard InChI is InChI=1S/C18H20N6/c1-10-9-13(11(2)23(10)12-7-8-12)16-21-17(19)22-18-20-14-5-3-4-6-15(14)24(16)18/h3-6,9,12,16H,7-8H2,1-2H3,(H3,19,20,21,22)/t16-/m1/s1. The quantitative estimate of drug-likeness (QED) is 0.762. The van der Waals surface area contributed by atoms with Gasteiger partial charge < -0.3 is 10.3 Å². The molecule has 1 atom stereocenters. The Morgan fingerprint density at radius 3 is 2.75 bits per heavy atom. The minimum Gasteiger partial charge on any atom is -0.370 e. The van der Waals surface area contributed by atoms with E-state index >= 15 is 0 Å². The molecule has 0 radical (unpaired) electrons. The average molecular weight is 320 g/mol. The molecule has 0 amide bonds. The van der Waals surface area contributed by atoms with E-state index in [0.29, 0.717) is 12.0 Å². The van der Waals surface area contributed by atoms with Gasteiger partial charge in [-0.1, -0.05) is 12.1 Å². The van der Waals surface area contributed by atoms with Crippen LogP contribution in [0, 0.1) is 13.8 Å². The van der Waals surface area contributed by atoms with E-state index in [9.17, 15) is 0 Å². The van der Waals surface area contributed by atoms with Crippen molar-refractivity contribution in [2.75, 3.05) is 5.32 Å². The predicted molar refractivity (Wildman–Crippen MR) is 95.3 cm³/mol. The number of imidazole rings is 1. The van der Waals surface area contributed by atoms with Gasteiger partial charge in [-0.05, 0) is 44.9 Å². The lowest BCUT2D eigenvalue weighted by atomic mass is 10.1. The molecule has 6 nitrogen and oxygen atoms in total. The van der Waals surface area contributed by atoms with Crippen LogP contribution in [0.5, 0.6) is 0 Å². The monoisotopic (exact) mass is 320 g/mol. The molecule has 24 heavy (non-hydrogen) atoms. The van der Waals surface area contributed by atoms with Crippen molar-refractivity contribution in [3.8, 4) is 0 Å². The van der Waals surface area contributed by atoms with E-state index in [1.165, 1.54) is 29.8 Å². The van der Waals surface area contributed by atoms with Crippen LogP contribution in [0.15, 0.2) is 35.3 Å². The number of nitrogens with zero attached hydrogens (tertiary/aromatic N) is 4. The van der Waals surface area contributed by atoms with Gasteiger partial charge in [0, 0.05) is 23.0 Å². The molecule has 1 aliphatic heterocycles. The lowest BCUT2D eigenvalue weighted by molar-refractivity contribution is 0.613. The van der Waals surface area contributed by atoms with Crippen molar-refractivity contribution in [2.45, 2.75) is 38.9 Å². The van der Waals surface area contributed by atoms with E-state index in [1.54, 1.807) is 0 Å². The molecule has 0 spiro atoms. The van der Waals surface area contributed by atoms with Crippen molar-refractivity contribution >= 4 is 22.9 Å². The first-order valence-corrected chi connectivity index (χ1v) is 8.39. The van der Waals surface area contributed by atoms with Gasteiger partial charge in [-0.25, -0.2) is 9.98 Å². The molecular weight excluding hydrogens is 300 g/mol. The Hall–Kier alpha value is -2.76. The largest absolute Gasteiger partial charge is 0.370 e. The average Bonchev–Trinajstić information content (AvgIpc) is 3.24. The number of hydrogen-bond donors (Lipinski definition) is 2. The molecule has 3 heterocycles. The van der Waals surface area contributed by atoms with Gasteiger partial charge in [0.05, 0.1) is 11.0 Å². The van der Waals surface area contributed by atoms with Crippen molar-refractivity contribution < 1.29 is 0 Å². The van der Waals surface area contributed by atoms with Gasteiger partial charge >= 0.3 is 0 Å². The van der Waals surface area contributed by atoms with Crippen molar-refractivity contribution in [3.63, 3.8) is 0 Å². The van der Waals surface area contributed by atoms with Crippen molar-refractivity contribution in [1.82, 2.24) is 14.1 Å². The second kappa shape index (κ2) is 4.63. The number of hydrogen-bond acceptors (Lipinski definition) is 4. The van der Waals surface area contributed by atoms with Gasteiger partial charge in [0.2, 0.25) is 5.95 Å². The fraction of sp³-hybridized carbons (Fsp3) is 0.333. The Morgan fingerprint density at radius 2 is 1.96 bits per heavy atom. The summed E-state index contributed by atoms with van der Waals surface area (Å²) in [7, 11) is 0. The lowest BCUT2D eigenvalue weighted by Gasteiger charge is -2.24. The van der Waals surface area contributed by atoms with Crippen LogP contribution in [0.3, 0.4) is 0 Å². The number of para-hydroxylation sites is 2. The van der Waals surface area contributed by atoms with E-state index in [0.717, 1.165) is 17.0 Å². The number of aromatic nitrogens is 3. The molecule has 3 aromatic rings. The second-order valence-corrected chi connectivity index (χ2v) is 6.73. The summed E-state index contributed by atoms with van der Waals surface area (Å²) in [5, 5.41) is 3.10. The summed E-state index contributed by atoms with van der Waals surface area (Å²) >= 11 is 0. The topological polar surface area (TPSA) is 73.2 Å². The number of guanidine groups is 1. The Labute approximate surface area is 140 Å². The number of benzene rings is 1. The number of anilines is 1. The molecule has 3 N–H and O–H groups in total. The normalized spacial score (nSPS) is 19.9. The lowest BCUT2D eigenvalue weighted by Crippen LogP contribution is -2.31. The second-order valence-electron chi connectivity index (χ2n) is 6.73. The zero-order chi connectivity index (χ0) is 16.4. The number of rotatable bonds is 2. The highest BCUT2D eigenvalue weighted by Gasteiger charge is 2.31. The number of nitrogens with one attached hydrogen (secondary N) is 1. The van der Waals surface area contributed by atoms with Crippen LogP contribution < -0.4 is 11.1 Å². The molecule has 2 aromatic heterocycles. The van der Waals surface area contributed by atoms with Crippen LogP contribution in [-0.4, -0.2) is 20.1 Å². The minimum atomic E-state index is -0.174. The third kappa shape index (κ3) is 1.82. The third-order valence-electron chi connectivity index (χ3n) is 5.06. The van der Waals surface area contributed by atoms with Crippen molar-refractivity contribution in [3.05, 3.63) is 47.3 Å². The molecule has 0 bridgehead atoms. The Morgan fingerprint density at radius 1 is 1.17 bits per heavy atom. The maximum atomic E-state index is 6.04. The van der Waals surface area contributed by atoms with Crippen LogP contribution >= 0.6 is 0 Å². The van der Waals surface area contributed by atoms with E-state index in [-0.39, 0.29) is 6.17 Å². The molecule has 0 saturated heterocycles. The first-order valence-electron chi connectivity index (χ1n) is 8.39. The fourth-order valence-corrected chi connectivity index (χ4v) is 3.88. The van der Waals surface area contributed by atoms with Gasteiger partial charge in [0.25, 0.3) is 0 Å². The van der Waals surface area contributed by atoms with Gasteiger partial charge in [0.15, 0.2) is 12.1 Å². The maximum absolute atomic E-state index is 6.04. The number of aryl methyl sites for hydroxylation is 1. The Bertz CT molecular complexity index is 989. The molecule has 1 aliphatic carbocycles. The number of fused-ring (bicyclic) bond motifs is 3. The highest BCUT2D eigenvalue weighted by atomic mass is 15.4. The molecule has 0 unspecified atom stereocenters. The summed E-state index contributed by atoms with van der Waals surface area (Å²) < 4.78 is 4.59. The third-order valence-corrected chi connectivity index (χ3v) is 5.06. The molecule has 1 aromatic carbocycles. The van der Waals surface area contributed by atoms with Gasteiger partial charge in [-0.15, -0.1) is 0 Å². The first-order chi connectivity index (χ1) is 11.6. The van der Waals surface area contributed by atoms with Gasteiger partial charge in [-0.3, -0.25) is 9.88 Å². The number of aliphatic imine (C=N–C) groups is 1. The van der Waals surface area contributed by atoms with Crippen LogP contribution in [0.4, 0.5) is 5.95 Å². The van der Waals surface area contributed by atoms with E-state index in [2.05, 4.69) is 45.4 Å². The highest BCUT2D eigenvalue weighted by Crippen LogP contribution is 2.41. The van der Waals surface area contributed by atoms with E-state index < -0.39 is 0 Å². The zero-order valence-corrected chi connectivity index (χ0v) is 13.8. The van der Waals surface area contributed by atoms with Gasteiger partial charge in [0.1, 0.15) is 0 Å². The van der Waals surface area contributed by atoms with Gasteiger partial charge in [-0.2, -0.15) is 0 Å². The van der Waals surface area contributed by atoms with Crippen LogP contribution in [-0.2, 0) is 0 Å². The summed E-state index contributed by atoms with van der Waals surface area (Å²) in [6, 6.07) is 11.0. The summed E-state index contributed by atoms with van der Waals surface area (Å²) in [4.78, 5) is 9.37. The fourth-order valence-electron chi connectivity index (χ4n) is 3.88. The van der Waals surface area contributed by atoms with E-state index in [1.807, 2.05) is 18.2 Å². The van der Waals surface area contributed by atoms with Crippen LogP contribution in [0.1, 0.15) is 42.0 Å². The molecule has 1 fully saturated rings. The summed E-state index contributed by atoms with van der Waals surface area (Å²) in [5.41, 5.74) is 11.8. The molecule has 5 rings (SSSR count). The van der Waals surface area contributed by atoms with Crippen molar-refractivity contribution in [2.24, 2.45) is 10.7 Å². The van der Waals surface area contributed by atoms with Crippen LogP contribution in [0.2, 0.25) is 0 Å². The minimum absolute atomic E-state index is 0.174.